The number of hydrogen-bond acceptors (Lipinski definition) is 0. The summed E-state index contributed by atoms with van der Waals surface area (Å²) in [7, 11) is -26.5. The predicted molar refractivity (Wildman–Crippen MR) is 46.0 cm³/mol. The third-order valence-corrected chi connectivity index (χ3v) is 4.55. The van der Waals surface area contributed by atoms with Crippen LogP contribution in [0, 0.1) is 0 Å². The van der Waals surface area contributed by atoms with Gasteiger partial charge in [0.1, 0.15) is 0 Å². The van der Waals surface area contributed by atoms with Crippen molar-refractivity contribution in [2.45, 2.75) is 22.4 Å². The number of halogens is 18. The van der Waals surface area contributed by atoms with Crippen LogP contribution < -0.4 is 0 Å². The van der Waals surface area contributed by atoms with Gasteiger partial charge in [0.15, 0.2) is 0 Å². The highest BCUT2D eigenvalue weighted by Crippen LogP contribution is 3.08. The van der Waals surface area contributed by atoms with Gasteiger partial charge in [-0.15, -0.1) is 0 Å². The molecule has 0 N–H and O–H groups in total. The summed E-state index contributed by atoms with van der Waals surface area (Å²) in [5.74, 6) is -18.6. The van der Waals surface area contributed by atoms with Gasteiger partial charge in [-0.3, -0.25) is 0 Å². The van der Waals surface area contributed by atoms with Crippen LogP contribution in [0.4, 0.5) is 74.0 Å². The molecule has 0 aliphatic heterocycles. The molecule has 0 heterocycles. The van der Waals surface area contributed by atoms with E-state index in [0.717, 1.165) is 0 Å². The summed E-state index contributed by atoms with van der Waals surface area (Å²) in [6.45, 7) is 0. The monoisotopic (exact) mass is 454 g/mol. The van der Waals surface area contributed by atoms with Crippen molar-refractivity contribution in [3.8, 4) is 0 Å². The molecule has 0 saturated carbocycles. The first-order valence-electron chi connectivity index (χ1n) is 4.21. The third kappa shape index (κ3) is 2.81. The van der Waals surface area contributed by atoms with Crippen molar-refractivity contribution < 1.29 is 74.0 Å². The minimum Gasteiger partial charge on any atom is -0.191 e. The van der Waals surface area contributed by atoms with Crippen LogP contribution in [0.3, 0.4) is 0 Å². The lowest BCUT2D eigenvalue weighted by Gasteiger charge is -2.53. The van der Waals surface area contributed by atoms with Crippen LogP contribution in [0.5, 0.6) is 0 Å². The molecular formula is C4F18S2. The van der Waals surface area contributed by atoms with Crippen molar-refractivity contribution >= 4 is 20.4 Å². The smallest absolute Gasteiger partial charge is 0.191 e. The maximum absolute atomic E-state index is 13.2. The van der Waals surface area contributed by atoms with Gasteiger partial charge < -0.3 is 0 Å². The molecule has 0 unspecified atom stereocenters. The number of hydrogen-bond donors (Lipinski definition) is 0. The summed E-state index contributed by atoms with van der Waals surface area (Å²) in [5, 5.41) is -19.0. The molecule has 0 fully saturated rings. The third-order valence-electron chi connectivity index (χ3n) is 2.09. The average molecular weight is 454 g/mol. The zero-order valence-corrected chi connectivity index (χ0v) is 11.3. The van der Waals surface area contributed by atoms with Crippen molar-refractivity contribution in [1.82, 2.24) is 0 Å². The van der Waals surface area contributed by atoms with Crippen LogP contribution in [-0.4, -0.2) is 22.4 Å². The van der Waals surface area contributed by atoms with Crippen molar-refractivity contribution in [3.63, 3.8) is 0 Å². The molecule has 0 amide bonds. The van der Waals surface area contributed by atoms with E-state index >= 15 is 0 Å². The van der Waals surface area contributed by atoms with E-state index in [1.165, 1.54) is 0 Å². The average Bonchev–Trinajstić information content (AvgIpc) is 2.07. The summed E-state index contributed by atoms with van der Waals surface area (Å²) >= 11 is 0. The molecule has 0 spiro atoms. The van der Waals surface area contributed by atoms with Crippen LogP contribution in [0.25, 0.3) is 0 Å². The predicted octanol–water partition coefficient (Wildman–Crippen LogP) is 8.04. The van der Waals surface area contributed by atoms with Crippen molar-refractivity contribution in [3.05, 3.63) is 0 Å². The number of alkyl halides is 8. The molecule has 24 heavy (non-hydrogen) atoms. The lowest BCUT2D eigenvalue weighted by molar-refractivity contribution is -0.336. The van der Waals surface area contributed by atoms with Gasteiger partial charge in [0.2, 0.25) is 0 Å². The van der Waals surface area contributed by atoms with Gasteiger partial charge in [-0.2, -0.15) is 35.1 Å². The van der Waals surface area contributed by atoms with Gasteiger partial charge in [-0.25, -0.2) is 0 Å². The summed E-state index contributed by atoms with van der Waals surface area (Å²) in [6.07, 6.45) is 0. The topological polar surface area (TPSA) is 0 Å². The maximum Gasteiger partial charge on any atom is 0.450 e. The van der Waals surface area contributed by atoms with E-state index in [-0.39, 0.29) is 0 Å². The standard InChI is InChI=1S/C4F18S2/c5-1(6,3(9,10)23(13,14,15,16)17)2(7,8)4(11,12)24(18,19,20,21)22. The fraction of sp³-hybridized carbons (Fsp3) is 1.00. The Kier molecular flexibility index (Phi) is 3.53. The molecule has 154 valence electrons. The van der Waals surface area contributed by atoms with E-state index in [4.69, 9.17) is 0 Å². The molecular weight excluding hydrogens is 454 g/mol. The van der Waals surface area contributed by atoms with Crippen LogP contribution in [-0.2, 0) is 0 Å². The summed E-state index contributed by atoms with van der Waals surface area (Å²) in [5.41, 5.74) is 0. The molecule has 0 radical (unpaired) electrons. The molecule has 0 aromatic rings. The largest absolute Gasteiger partial charge is 0.450 e. The second kappa shape index (κ2) is 3.61. The van der Waals surface area contributed by atoms with Gasteiger partial charge >= 0.3 is 42.8 Å². The lowest BCUT2D eigenvalue weighted by Crippen LogP contribution is -2.67. The van der Waals surface area contributed by atoms with Crippen molar-refractivity contribution in [2.24, 2.45) is 0 Å². The van der Waals surface area contributed by atoms with E-state index in [0.29, 0.717) is 0 Å². The molecule has 0 aromatic carbocycles. The van der Waals surface area contributed by atoms with Crippen LogP contribution >= 0.6 is 20.4 Å². The van der Waals surface area contributed by atoms with Crippen molar-refractivity contribution in [1.29, 1.82) is 0 Å². The Morgan fingerprint density at radius 2 is 0.458 bits per heavy atom. The van der Waals surface area contributed by atoms with Crippen LogP contribution in [0.2, 0.25) is 0 Å². The Morgan fingerprint density at radius 1 is 0.333 bits per heavy atom. The Morgan fingerprint density at radius 3 is 0.542 bits per heavy atom. The Bertz CT molecular complexity index is 487. The van der Waals surface area contributed by atoms with Gasteiger partial charge in [0.05, 0.1) is 0 Å². The van der Waals surface area contributed by atoms with E-state index in [1.54, 1.807) is 0 Å². The van der Waals surface area contributed by atoms with Gasteiger partial charge in [-0.05, 0) is 0 Å². The first kappa shape index (κ1) is 23.4. The highest BCUT2D eigenvalue weighted by atomic mass is 32.5. The Balaban J connectivity index is 6.88. The molecule has 0 nitrogen and oxygen atoms in total. The fourth-order valence-corrected chi connectivity index (χ4v) is 2.08. The minimum absolute atomic E-state index is 9.32. The molecule has 20 heteroatoms. The summed E-state index contributed by atoms with van der Waals surface area (Å²) < 4.78 is 214. The van der Waals surface area contributed by atoms with E-state index in [9.17, 15) is 74.0 Å². The molecule has 0 aliphatic rings. The second-order valence-electron chi connectivity index (χ2n) is 4.12. The van der Waals surface area contributed by atoms with Gasteiger partial charge in [0, 0.05) is 0 Å². The minimum atomic E-state index is -13.2. The van der Waals surface area contributed by atoms with E-state index < -0.39 is 42.8 Å². The highest BCUT2D eigenvalue weighted by Gasteiger charge is 3.03. The highest BCUT2D eigenvalue weighted by molar-refractivity contribution is 8.47. The fourth-order valence-electron chi connectivity index (χ4n) is 0.850. The number of rotatable bonds is 5. The Labute approximate surface area is 118 Å². The first-order chi connectivity index (χ1) is 9.24. The van der Waals surface area contributed by atoms with Crippen molar-refractivity contribution in [2.75, 3.05) is 0 Å². The van der Waals surface area contributed by atoms with Gasteiger partial charge in [-0.1, -0.05) is 38.9 Å². The molecule has 0 aromatic heterocycles. The zero-order valence-electron chi connectivity index (χ0n) is 9.62. The molecule has 0 aliphatic carbocycles. The van der Waals surface area contributed by atoms with Crippen LogP contribution in [0.1, 0.15) is 0 Å². The zero-order chi connectivity index (χ0) is 20.8. The van der Waals surface area contributed by atoms with Crippen LogP contribution in [0.15, 0.2) is 0 Å². The maximum atomic E-state index is 12.4. The summed E-state index contributed by atoms with van der Waals surface area (Å²) in [4.78, 5) is 0. The molecule has 0 bridgehead atoms. The SMILES string of the molecule is FC(F)(C(F)(F)C(F)(F)S(F)(F)(F)(F)F)C(F)(F)S(F)(F)(F)(F)F. The van der Waals surface area contributed by atoms with E-state index in [1.807, 2.05) is 0 Å². The van der Waals surface area contributed by atoms with Gasteiger partial charge in [0.25, 0.3) is 0 Å². The normalized spacial score (nSPS) is 22.2. The Hall–Kier alpha value is -0.560. The summed E-state index contributed by atoms with van der Waals surface area (Å²) in [6, 6.07) is 0. The molecule has 0 saturated heterocycles. The lowest BCUT2D eigenvalue weighted by atomic mass is 10.2. The quantitative estimate of drug-likeness (QED) is 0.369. The first-order valence-corrected chi connectivity index (χ1v) is 8.12. The van der Waals surface area contributed by atoms with E-state index in [2.05, 4.69) is 0 Å². The molecule has 0 rings (SSSR count). The second-order valence-corrected chi connectivity index (χ2v) is 9.02. The molecule has 0 atom stereocenters.